The number of hydrogen-bond acceptors (Lipinski definition) is 4. The number of pyridine rings is 2. The summed E-state index contributed by atoms with van der Waals surface area (Å²) in [6, 6.07) is 4.29. The molecule has 4 rings (SSSR count). The second-order valence-electron chi connectivity index (χ2n) is 7.93. The number of aromatic nitrogens is 2. The van der Waals surface area contributed by atoms with E-state index in [-0.39, 0.29) is 24.4 Å². The van der Waals surface area contributed by atoms with Gasteiger partial charge in [0.15, 0.2) is 11.6 Å². The molecule has 0 bridgehead atoms. The maximum absolute atomic E-state index is 13.9. The maximum atomic E-state index is 13.9. The van der Waals surface area contributed by atoms with Gasteiger partial charge in [-0.25, -0.2) is 14.2 Å². The van der Waals surface area contributed by atoms with Gasteiger partial charge in [-0.2, -0.15) is 13.2 Å². The fraction of sp³-hybridized carbons (Fsp3) is 0.476. The Hall–Kier alpha value is -2.91. The van der Waals surface area contributed by atoms with E-state index in [1.54, 1.807) is 12.1 Å². The number of fused-ring (bicyclic) bond motifs is 1. The van der Waals surface area contributed by atoms with Gasteiger partial charge in [0.05, 0.1) is 23.5 Å². The lowest BCUT2D eigenvalue weighted by Crippen LogP contribution is -2.36. The minimum Gasteiger partial charge on any atom is -0.382 e. The number of alkyl halides is 3. The van der Waals surface area contributed by atoms with Crippen LogP contribution < -0.4 is 15.5 Å². The van der Waals surface area contributed by atoms with Crippen LogP contribution in [0.25, 0.3) is 0 Å². The van der Waals surface area contributed by atoms with Gasteiger partial charge in [-0.3, -0.25) is 9.88 Å². The van der Waals surface area contributed by atoms with Crippen LogP contribution in [-0.2, 0) is 0 Å². The first-order chi connectivity index (χ1) is 14.8. The lowest BCUT2D eigenvalue weighted by Gasteiger charge is -2.31. The highest BCUT2D eigenvalue weighted by Gasteiger charge is 2.42. The van der Waals surface area contributed by atoms with Crippen LogP contribution in [0.1, 0.15) is 43.7 Å². The fourth-order valence-corrected chi connectivity index (χ4v) is 4.21. The van der Waals surface area contributed by atoms with Gasteiger partial charge in [-0.1, -0.05) is 6.42 Å². The number of anilines is 3. The molecule has 2 N–H and O–H groups in total. The van der Waals surface area contributed by atoms with Crippen LogP contribution in [0.2, 0.25) is 0 Å². The van der Waals surface area contributed by atoms with Crippen LogP contribution in [0.4, 0.5) is 39.5 Å². The second kappa shape index (κ2) is 8.68. The molecular formula is C21H23F4N5O. The number of carbonyl (C=O) groups excluding carboxylic acids is 1. The lowest BCUT2D eigenvalue weighted by molar-refractivity contribution is -0.183. The topological polar surface area (TPSA) is 70.2 Å². The molecule has 1 fully saturated rings. The summed E-state index contributed by atoms with van der Waals surface area (Å²) in [5.74, 6) is -1.97. The Morgan fingerprint density at radius 1 is 1.19 bits per heavy atom. The second-order valence-corrected chi connectivity index (χ2v) is 7.93. The maximum Gasteiger partial charge on any atom is 0.391 e. The van der Waals surface area contributed by atoms with Crippen molar-refractivity contribution >= 4 is 23.2 Å². The molecule has 0 aromatic carbocycles. The first-order valence-corrected chi connectivity index (χ1v) is 10.3. The Kier molecular flexibility index (Phi) is 5.97. The highest BCUT2D eigenvalue weighted by molar-refractivity contribution is 6.03. The summed E-state index contributed by atoms with van der Waals surface area (Å²) in [6.45, 7) is 0.950. The molecule has 166 valence electrons. The number of carbonyl (C=O) groups is 1. The van der Waals surface area contributed by atoms with Gasteiger partial charge in [0.25, 0.3) is 0 Å². The van der Waals surface area contributed by atoms with Gasteiger partial charge in [-0.15, -0.1) is 0 Å². The van der Waals surface area contributed by atoms with Gasteiger partial charge in [-0.05, 0) is 43.9 Å². The van der Waals surface area contributed by atoms with E-state index >= 15 is 0 Å². The molecule has 1 aliphatic heterocycles. The molecule has 2 aliphatic rings. The monoisotopic (exact) mass is 437 g/mol. The molecule has 1 saturated carbocycles. The van der Waals surface area contributed by atoms with Gasteiger partial charge < -0.3 is 10.6 Å². The molecule has 2 aromatic rings. The number of halogens is 4. The van der Waals surface area contributed by atoms with Crippen molar-refractivity contribution in [3.8, 4) is 0 Å². The smallest absolute Gasteiger partial charge is 0.382 e. The minimum atomic E-state index is -4.22. The molecule has 2 aromatic heterocycles. The fourth-order valence-electron chi connectivity index (χ4n) is 4.21. The Morgan fingerprint density at radius 2 is 2.03 bits per heavy atom. The van der Waals surface area contributed by atoms with Crippen LogP contribution >= 0.6 is 0 Å². The molecule has 2 atom stereocenters. The molecular weight excluding hydrogens is 414 g/mol. The summed E-state index contributed by atoms with van der Waals surface area (Å²) in [5.41, 5.74) is 1.16. The van der Waals surface area contributed by atoms with Crippen molar-refractivity contribution < 1.29 is 22.4 Å². The van der Waals surface area contributed by atoms with Crippen LogP contribution in [-0.4, -0.2) is 35.3 Å². The van der Waals surface area contributed by atoms with Crippen LogP contribution in [0.15, 0.2) is 30.6 Å². The average molecular weight is 437 g/mol. The van der Waals surface area contributed by atoms with E-state index in [2.05, 4.69) is 20.6 Å². The van der Waals surface area contributed by atoms with Gasteiger partial charge in [0.2, 0.25) is 0 Å². The summed E-state index contributed by atoms with van der Waals surface area (Å²) >= 11 is 0. The summed E-state index contributed by atoms with van der Waals surface area (Å²) in [5, 5.41) is 5.73. The zero-order chi connectivity index (χ0) is 22.0. The predicted molar refractivity (Wildman–Crippen MR) is 109 cm³/mol. The minimum absolute atomic E-state index is 0.00284. The third-order valence-corrected chi connectivity index (χ3v) is 5.84. The average Bonchev–Trinajstić information content (AvgIpc) is 2.97. The third kappa shape index (κ3) is 4.72. The molecule has 6 nitrogen and oxygen atoms in total. The summed E-state index contributed by atoms with van der Waals surface area (Å²) in [7, 11) is 0. The SMILES string of the molecule is O=C(Nc1ccncc1F)N1CCCNc2ccc(C3CCCC(C(F)(F)F)C3)nc21. The largest absolute Gasteiger partial charge is 0.391 e. The Labute approximate surface area is 177 Å². The lowest BCUT2D eigenvalue weighted by atomic mass is 9.79. The predicted octanol–water partition coefficient (Wildman–Crippen LogP) is 5.31. The van der Waals surface area contributed by atoms with Crippen molar-refractivity contribution in [1.29, 1.82) is 0 Å². The molecule has 0 radical (unpaired) electrons. The van der Waals surface area contributed by atoms with E-state index in [0.717, 1.165) is 6.20 Å². The molecule has 1 aliphatic carbocycles. The van der Waals surface area contributed by atoms with E-state index in [9.17, 15) is 22.4 Å². The van der Waals surface area contributed by atoms with Gasteiger partial charge in [0.1, 0.15) is 0 Å². The molecule has 2 amide bonds. The van der Waals surface area contributed by atoms with E-state index in [1.807, 2.05) is 0 Å². The van der Waals surface area contributed by atoms with Gasteiger partial charge >= 0.3 is 12.2 Å². The zero-order valence-corrected chi connectivity index (χ0v) is 16.8. The van der Waals surface area contributed by atoms with Crippen molar-refractivity contribution in [2.75, 3.05) is 28.6 Å². The van der Waals surface area contributed by atoms with E-state index in [1.165, 1.54) is 17.2 Å². The van der Waals surface area contributed by atoms with Crippen molar-refractivity contribution in [2.45, 2.75) is 44.2 Å². The molecule has 0 saturated heterocycles. The summed E-state index contributed by atoms with van der Waals surface area (Å²) in [6.07, 6.45) is 0.0361. The highest BCUT2D eigenvalue weighted by atomic mass is 19.4. The number of nitrogens with zero attached hydrogens (tertiary/aromatic N) is 3. The van der Waals surface area contributed by atoms with E-state index < -0.39 is 23.9 Å². The van der Waals surface area contributed by atoms with Crippen molar-refractivity contribution in [3.63, 3.8) is 0 Å². The first kappa shape index (κ1) is 21.3. The third-order valence-electron chi connectivity index (χ3n) is 5.84. The first-order valence-electron chi connectivity index (χ1n) is 10.3. The summed E-state index contributed by atoms with van der Waals surface area (Å²) in [4.78, 5) is 22.6. The molecule has 0 spiro atoms. The van der Waals surface area contributed by atoms with E-state index in [4.69, 9.17) is 0 Å². The number of amides is 2. The number of hydrogen-bond donors (Lipinski definition) is 2. The zero-order valence-electron chi connectivity index (χ0n) is 16.8. The Bertz CT molecular complexity index is 952. The molecule has 3 heterocycles. The van der Waals surface area contributed by atoms with Crippen molar-refractivity contribution in [1.82, 2.24) is 9.97 Å². The molecule has 10 heteroatoms. The summed E-state index contributed by atoms with van der Waals surface area (Å²) < 4.78 is 53.6. The van der Waals surface area contributed by atoms with Crippen molar-refractivity contribution in [3.05, 3.63) is 42.1 Å². The number of urea groups is 1. The Balaban J connectivity index is 1.60. The normalized spacial score (nSPS) is 21.6. The van der Waals surface area contributed by atoms with Gasteiger partial charge in [0, 0.05) is 30.9 Å². The molecule has 2 unspecified atom stereocenters. The standard InChI is InChI=1S/C21H23F4N5O/c22-15-12-26-9-7-17(15)29-20(31)30-10-2-8-27-18-6-5-16(28-19(18)30)13-3-1-4-14(11-13)21(23,24)25/h5-7,9,12-14,27H,1-4,8,10-11H2,(H,26,29,31). The van der Waals surface area contributed by atoms with Crippen LogP contribution in [0.5, 0.6) is 0 Å². The van der Waals surface area contributed by atoms with Crippen LogP contribution in [0.3, 0.4) is 0 Å². The Morgan fingerprint density at radius 3 is 2.81 bits per heavy atom. The number of nitrogens with one attached hydrogen (secondary N) is 2. The van der Waals surface area contributed by atoms with Crippen molar-refractivity contribution in [2.24, 2.45) is 5.92 Å². The van der Waals surface area contributed by atoms with E-state index in [0.29, 0.717) is 49.6 Å². The van der Waals surface area contributed by atoms with Crippen LogP contribution in [0, 0.1) is 11.7 Å². The highest BCUT2D eigenvalue weighted by Crippen LogP contribution is 2.44. The number of rotatable bonds is 2. The molecule has 31 heavy (non-hydrogen) atoms. The quantitative estimate of drug-likeness (QED) is 0.625.